The van der Waals surface area contributed by atoms with Crippen LogP contribution in [0.3, 0.4) is 0 Å². The molecule has 0 saturated carbocycles. The largest absolute Gasteiger partial charge is 0.368 e. The Morgan fingerprint density at radius 3 is 2.94 bits per heavy atom. The number of amides is 2. The molecule has 2 aromatic rings. The fraction of sp³-hybridized carbons (Fsp3) is 0.111. The molecule has 7 heteroatoms. The van der Waals surface area contributed by atoms with Gasteiger partial charge in [0.25, 0.3) is 5.91 Å². The number of carbonyl (C=O) groups excluding carboxylic acids is 2. The molecule has 0 aromatic carbocycles. The monoisotopic (exact) mass is 256 g/mol. The van der Waals surface area contributed by atoms with E-state index < -0.39 is 5.91 Å². The summed E-state index contributed by atoms with van der Waals surface area (Å²) in [7, 11) is 0. The first-order valence-corrected chi connectivity index (χ1v) is 6.04. The van der Waals surface area contributed by atoms with Gasteiger partial charge in [0.05, 0.1) is 4.88 Å². The number of carbonyl (C=O) groups is 2. The minimum Gasteiger partial charge on any atom is -0.368 e. The minimum atomic E-state index is -0.632. The van der Waals surface area contributed by atoms with Gasteiger partial charge in [0.1, 0.15) is 0 Å². The SMILES string of the molecule is NC(=O)CONC(=O)c1cc2sccc2s1. The molecule has 2 aromatic heterocycles. The number of hydrogen-bond acceptors (Lipinski definition) is 5. The fourth-order valence-electron chi connectivity index (χ4n) is 1.10. The van der Waals surface area contributed by atoms with Gasteiger partial charge in [-0.2, -0.15) is 0 Å². The average molecular weight is 256 g/mol. The average Bonchev–Trinajstić information content (AvgIpc) is 2.75. The van der Waals surface area contributed by atoms with Crippen molar-refractivity contribution in [3.63, 3.8) is 0 Å². The highest BCUT2D eigenvalue weighted by atomic mass is 32.1. The van der Waals surface area contributed by atoms with E-state index in [2.05, 4.69) is 10.3 Å². The second-order valence-corrected chi connectivity index (χ2v) is 4.98. The summed E-state index contributed by atoms with van der Waals surface area (Å²) in [5.74, 6) is -0.998. The van der Waals surface area contributed by atoms with Crippen molar-refractivity contribution in [1.29, 1.82) is 0 Å². The zero-order valence-corrected chi connectivity index (χ0v) is 9.69. The lowest BCUT2D eigenvalue weighted by molar-refractivity contribution is -0.124. The maximum atomic E-state index is 11.5. The molecule has 0 spiro atoms. The van der Waals surface area contributed by atoms with Crippen molar-refractivity contribution < 1.29 is 14.4 Å². The molecule has 0 aliphatic heterocycles. The Kier molecular flexibility index (Phi) is 3.18. The molecule has 84 valence electrons. The zero-order valence-electron chi connectivity index (χ0n) is 8.06. The lowest BCUT2D eigenvalue weighted by Crippen LogP contribution is -2.28. The maximum absolute atomic E-state index is 11.5. The zero-order chi connectivity index (χ0) is 11.5. The molecule has 0 bridgehead atoms. The predicted octanol–water partition coefficient (Wildman–Crippen LogP) is 1.11. The van der Waals surface area contributed by atoms with Crippen molar-refractivity contribution >= 4 is 43.9 Å². The van der Waals surface area contributed by atoms with Crippen LogP contribution in [0.5, 0.6) is 0 Å². The molecule has 0 fully saturated rings. The summed E-state index contributed by atoms with van der Waals surface area (Å²) in [6.45, 7) is -0.328. The minimum absolute atomic E-state index is 0.328. The van der Waals surface area contributed by atoms with E-state index in [4.69, 9.17) is 5.73 Å². The quantitative estimate of drug-likeness (QED) is 0.804. The molecule has 16 heavy (non-hydrogen) atoms. The predicted molar refractivity (Wildman–Crippen MR) is 62.3 cm³/mol. The van der Waals surface area contributed by atoms with Crippen LogP contribution < -0.4 is 11.2 Å². The van der Waals surface area contributed by atoms with E-state index in [0.29, 0.717) is 4.88 Å². The van der Waals surface area contributed by atoms with Crippen LogP contribution in [-0.2, 0) is 9.63 Å². The molecule has 2 heterocycles. The first kappa shape index (κ1) is 11.1. The van der Waals surface area contributed by atoms with E-state index in [1.165, 1.54) is 11.3 Å². The number of hydroxylamine groups is 1. The van der Waals surface area contributed by atoms with Crippen molar-refractivity contribution in [2.75, 3.05) is 6.61 Å². The standard InChI is InChI=1S/C9H8N2O3S2/c10-8(12)4-14-11-9(13)7-3-6-5(16-7)1-2-15-6/h1-3H,4H2,(H2,10,12)(H,11,13). The number of primary amides is 1. The first-order valence-electron chi connectivity index (χ1n) is 4.34. The van der Waals surface area contributed by atoms with Gasteiger partial charge in [-0.25, -0.2) is 5.48 Å². The van der Waals surface area contributed by atoms with Crippen molar-refractivity contribution in [1.82, 2.24) is 5.48 Å². The lowest BCUT2D eigenvalue weighted by atomic mass is 10.4. The molecule has 0 saturated heterocycles. The third kappa shape index (κ3) is 2.38. The van der Waals surface area contributed by atoms with Gasteiger partial charge >= 0.3 is 0 Å². The second kappa shape index (κ2) is 4.60. The van der Waals surface area contributed by atoms with E-state index in [1.54, 1.807) is 17.4 Å². The summed E-state index contributed by atoms with van der Waals surface area (Å²) in [6, 6.07) is 3.74. The molecule has 3 N–H and O–H groups in total. The molecule has 2 amide bonds. The summed E-state index contributed by atoms with van der Waals surface area (Å²) < 4.78 is 2.12. The Morgan fingerprint density at radius 2 is 2.25 bits per heavy atom. The van der Waals surface area contributed by atoms with Crippen LogP contribution in [0.4, 0.5) is 0 Å². The van der Waals surface area contributed by atoms with Crippen LogP contribution in [0.1, 0.15) is 9.67 Å². The molecular weight excluding hydrogens is 248 g/mol. The third-order valence-corrected chi connectivity index (χ3v) is 3.83. The van der Waals surface area contributed by atoms with Gasteiger partial charge in [-0.1, -0.05) is 0 Å². The van der Waals surface area contributed by atoms with E-state index in [0.717, 1.165) is 9.40 Å². The molecule has 2 rings (SSSR count). The highest BCUT2D eigenvalue weighted by Gasteiger charge is 2.11. The number of thiophene rings is 2. The van der Waals surface area contributed by atoms with Crippen LogP contribution in [0.2, 0.25) is 0 Å². The second-order valence-electron chi connectivity index (χ2n) is 2.95. The van der Waals surface area contributed by atoms with Crippen molar-refractivity contribution in [2.24, 2.45) is 5.73 Å². The van der Waals surface area contributed by atoms with E-state index >= 15 is 0 Å². The smallest absolute Gasteiger partial charge is 0.284 e. The van der Waals surface area contributed by atoms with Gasteiger partial charge < -0.3 is 5.73 Å². The van der Waals surface area contributed by atoms with Crippen LogP contribution in [0.15, 0.2) is 17.5 Å². The van der Waals surface area contributed by atoms with Gasteiger partial charge in [-0.05, 0) is 17.5 Å². The summed E-state index contributed by atoms with van der Waals surface area (Å²) >= 11 is 2.94. The highest BCUT2D eigenvalue weighted by Crippen LogP contribution is 2.29. The molecule has 0 radical (unpaired) electrons. The molecule has 0 unspecified atom stereocenters. The van der Waals surface area contributed by atoms with Gasteiger partial charge in [0.2, 0.25) is 5.91 Å². The normalized spacial score (nSPS) is 10.5. The van der Waals surface area contributed by atoms with E-state index in [1.807, 2.05) is 11.4 Å². The first-order chi connectivity index (χ1) is 7.66. The van der Waals surface area contributed by atoms with Gasteiger partial charge in [0.15, 0.2) is 6.61 Å². The van der Waals surface area contributed by atoms with Crippen LogP contribution >= 0.6 is 22.7 Å². The van der Waals surface area contributed by atoms with E-state index in [-0.39, 0.29) is 12.5 Å². The Morgan fingerprint density at radius 1 is 1.44 bits per heavy atom. The number of nitrogens with one attached hydrogen (secondary N) is 1. The summed E-state index contributed by atoms with van der Waals surface area (Å²) in [5.41, 5.74) is 7.01. The van der Waals surface area contributed by atoms with Crippen LogP contribution in [-0.4, -0.2) is 18.4 Å². The third-order valence-electron chi connectivity index (χ3n) is 1.74. The topological polar surface area (TPSA) is 81.4 Å². The molecule has 0 aliphatic carbocycles. The summed E-state index contributed by atoms with van der Waals surface area (Å²) in [6.07, 6.45) is 0. The Bertz CT molecular complexity index is 503. The number of nitrogens with two attached hydrogens (primary N) is 1. The van der Waals surface area contributed by atoms with Crippen molar-refractivity contribution in [3.05, 3.63) is 22.4 Å². The Hall–Kier alpha value is -1.44. The Balaban J connectivity index is 1.99. The molecular formula is C9H8N2O3S2. The lowest BCUT2D eigenvalue weighted by Gasteiger charge is -2.01. The fourth-order valence-corrected chi connectivity index (χ4v) is 3.10. The molecule has 5 nitrogen and oxygen atoms in total. The number of hydrogen-bond donors (Lipinski definition) is 2. The molecule has 0 aliphatic rings. The van der Waals surface area contributed by atoms with Crippen LogP contribution in [0.25, 0.3) is 9.40 Å². The van der Waals surface area contributed by atoms with Gasteiger partial charge in [0, 0.05) is 9.40 Å². The van der Waals surface area contributed by atoms with Crippen molar-refractivity contribution in [2.45, 2.75) is 0 Å². The highest BCUT2D eigenvalue weighted by molar-refractivity contribution is 7.27. The summed E-state index contributed by atoms with van der Waals surface area (Å²) in [4.78, 5) is 27.1. The number of rotatable bonds is 4. The van der Waals surface area contributed by atoms with E-state index in [9.17, 15) is 9.59 Å². The van der Waals surface area contributed by atoms with Crippen molar-refractivity contribution in [3.8, 4) is 0 Å². The number of fused-ring (bicyclic) bond motifs is 1. The van der Waals surface area contributed by atoms with Gasteiger partial charge in [-0.3, -0.25) is 14.4 Å². The van der Waals surface area contributed by atoms with Gasteiger partial charge in [-0.15, -0.1) is 22.7 Å². The van der Waals surface area contributed by atoms with Crippen LogP contribution in [0, 0.1) is 0 Å². The maximum Gasteiger partial charge on any atom is 0.284 e. The molecule has 0 atom stereocenters. The Labute approximate surface area is 98.8 Å². The summed E-state index contributed by atoms with van der Waals surface area (Å²) in [5, 5.41) is 1.96.